The number of guanidine groups is 1. The van der Waals surface area contributed by atoms with Gasteiger partial charge in [0.15, 0.2) is 5.11 Å². The van der Waals surface area contributed by atoms with Crippen LogP contribution in [0.1, 0.15) is 0 Å². The van der Waals surface area contributed by atoms with E-state index in [2.05, 4.69) is 47.5 Å². The van der Waals surface area contributed by atoms with Crippen molar-refractivity contribution >= 4 is 66.5 Å². The topological polar surface area (TPSA) is 39.7 Å². The Hall–Kier alpha value is -1.44. The van der Waals surface area contributed by atoms with Crippen LogP contribution in [-0.2, 0) is 0 Å². The zero-order chi connectivity index (χ0) is 16.2. The molecule has 3 rings (SSSR count). The first-order valence-corrected chi connectivity index (χ1v) is 9.02. The van der Waals surface area contributed by atoms with Gasteiger partial charge in [-0.2, -0.15) is 0 Å². The number of anilines is 2. The summed E-state index contributed by atoms with van der Waals surface area (Å²) in [6.45, 7) is 1.48. The smallest absolute Gasteiger partial charge is 0.204 e. The van der Waals surface area contributed by atoms with Crippen molar-refractivity contribution < 1.29 is 0 Å². The van der Waals surface area contributed by atoms with Crippen molar-refractivity contribution in [2.75, 3.05) is 23.7 Å². The summed E-state index contributed by atoms with van der Waals surface area (Å²) in [7, 11) is 0. The van der Waals surface area contributed by atoms with Gasteiger partial charge >= 0.3 is 0 Å². The van der Waals surface area contributed by atoms with Crippen molar-refractivity contribution in [3.05, 3.63) is 57.5 Å². The standard InChI is InChI=1S/C16H14Br2N4S/c17-11-3-1-5-13(9-11)20-15-19-7-8-22(15)16(23)21-14-6-2-4-12(18)10-14/h1-6,9-10H,7-8H2,(H,19,20)(H,21,23). The lowest BCUT2D eigenvalue weighted by atomic mass is 10.3. The lowest BCUT2D eigenvalue weighted by Crippen LogP contribution is -2.40. The molecule has 0 radical (unpaired) electrons. The molecule has 118 valence electrons. The van der Waals surface area contributed by atoms with Gasteiger partial charge in [-0.3, -0.25) is 9.89 Å². The van der Waals surface area contributed by atoms with Gasteiger partial charge in [0, 0.05) is 26.9 Å². The molecule has 0 saturated heterocycles. The highest BCUT2D eigenvalue weighted by Gasteiger charge is 2.21. The van der Waals surface area contributed by atoms with E-state index < -0.39 is 0 Å². The summed E-state index contributed by atoms with van der Waals surface area (Å²) in [5.41, 5.74) is 1.91. The third-order valence-electron chi connectivity index (χ3n) is 3.24. The van der Waals surface area contributed by atoms with E-state index in [1.54, 1.807) is 0 Å². The number of halogens is 2. The number of nitrogens with zero attached hydrogens (tertiary/aromatic N) is 2. The lowest BCUT2D eigenvalue weighted by Gasteiger charge is -2.22. The first-order valence-electron chi connectivity index (χ1n) is 7.03. The van der Waals surface area contributed by atoms with Crippen LogP contribution in [0.3, 0.4) is 0 Å². The van der Waals surface area contributed by atoms with Crippen LogP contribution < -0.4 is 10.6 Å². The number of thiocarbonyl (C=S) groups is 1. The molecule has 0 amide bonds. The maximum atomic E-state index is 5.53. The van der Waals surface area contributed by atoms with Crippen LogP contribution in [0.15, 0.2) is 62.5 Å². The molecule has 0 aromatic heterocycles. The molecule has 4 nitrogen and oxygen atoms in total. The van der Waals surface area contributed by atoms with E-state index in [-0.39, 0.29) is 0 Å². The van der Waals surface area contributed by atoms with Crippen LogP contribution >= 0.6 is 44.1 Å². The Morgan fingerprint density at radius 3 is 2.39 bits per heavy atom. The van der Waals surface area contributed by atoms with Crippen molar-refractivity contribution in [2.24, 2.45) is 4.99 Å². The fourth-order valence-corrected chi connectivity index (χ4v) is 3.30. The number of aliphatic imine (C=N–C) groups is 1. The van der Waals surface area contributed by atoms with Crippen LogP contribution in [0.5, 0.6) is 0 Å². The van der Waals surface area contributed by atoms with Gasteiger partial charge in [-0.1, -0.05) is 44.0 Å². The second-order valence-electron chi connectivity index (χ2n) is 4.93. The average molecular weight is 454 g/mol. The number of rotatable bonds is 2. The quantitative estimate of drug-likeness (QED) is 0.647. The molecule has 2 aromatic rings. The number of benzene rings is 2. The van der Waals surface area contributed by atoms with E-state index in [0.29, 0.717) is 5.11 Å². The maximum Gasteiger partial charge on any atom is 0.204 e. The molecular weight excluding hydrogens is 440 g/mol. The first kappa shape index (κ1) is 16.4. The maximum absolute atomic E-state index is 5.53. The minimum atomic E-state index is 0.627. The highest BCUT2D eigenvalue weighted by molar-refractivity contribution is 9.10. The Bertz CT molecular complexity index is 763. The van der Waals surface area contributed by atoms with Crippen LogP contribution in [0.25, 0.3) is 0 Å². The summed E-state index contributed by atoms with van der Waals surface area (Å²) in [4.78, 5) is 6.47. The molecule has 1 heterocycles. The number of hydrogen-bond donors (Lipinski definition) is 2. The molecule has 1 aliphatic rings. The van der Waals surface area contributed by atoms with E-state index in [4.69, 9.17) is 12.2 Å². The second-order valence-corrected chi connectivity index (χ2v) is 7.15. The molecule has 0 aliphatic carbocycles. The Labute approximate surface area is 157 Å². The number of hydrogen-bond acceptors (Lipinski definition) is 3. The zero-order valence-corrected chi connectivity index (χ0v) is 16.1. The predicted molar refractivity (Wildman–Crippen MR) is 107 cm³/mol. The molecule has 0 fully saturated rings. The molecule has 7 heteroatoms. The van der Waals surface area contributed by atoms with Gasteiger partial charge in [0.25, 0.3) is 0 Å². The third kappa shape index (κ3) is 4.31. The number of nitrogens with one attached hydrogen (secondary N) is 2. The van der Waals surface area contributed by atoms with Crippen molar-refractivity contribution in [1.82, 2.24) is 4.90 Å². The molecule has 0 atom stereocenters. The fraction of sp³-hybridized carbons (Fsp3) is 0.125. The van der Waals surface area contributed by atoms with E-state index in [0.717, 1.165) is 39.4 Å². The fourth-order valence-electron chi connectivity index (χ4n) is 2.20. The summed E-state index contributed by atoms with van der Waals surface area (Å²) < 4.78 is 2.02. The minimum absolute atomic E-state index is 0.627. The van der Waals surface area contributed by atoms with Crippen LogP contribution in [0, 0.1) is 0 Å². The van der Waals surface area contributed by atoms with Gasteiger partial charge in [0.1, 0.15) is 0 Å². The molecule has 2 aromatic carbocycles. The Kier molecular flexibility index (Phi) is 5.30. The Morgan fingerprint density at radius 1 is 1.04 bits per heavy atom. The van der Waals surface area contributed by atoms with Crippen molar-refractivity contribution in [2.45, 2.75) is 0 Å². The second kappa shape index (κ2) is 7.42. The van der Waals surface area contributed by atoms with Gasteiger partial charge in [0.2, 0.25) is 5.96 Å². The van der Waals surface area contributed by atoms with Gasteiger partial charge in [-0.25, -0.2) is 0 Å². The van der Waals surface area contributed by atoms with Gasteiger partial charge < -0.3 is 10.6 Å². The molecule has 0 unspecified atom stereocenters. The molecular formula is C16H14Br2N4S. The summed E-state index contributed by atoms with van der Waals surface area (Å²) in [6, 6.07) is 15.9. The van der Waals surface area contributed by atoms with Crippen LogP contribution in [-0.4, -0.2) is 29.1 Å². The monoisotopic (exact) mass is 452 g/mol. The average Bonchev–Trinajstić information content (AvgIpc) is 2.95. The van der Waals surface area contributed by atoms with E-state index >= 15 is 0 Å². The SMILES string of the molecule is S=C(Nc1cccc(Br)c1)N1CCN=C1Nc1cccc(Br)c1. The molecule has 0 spiro atoms. The predicted octanol–water partition coefficient (Wildman–Crippen LogP) is 4.69. The Balaban J connectivity index is 1.69. The van der Waals surface area contributed by atoms with Crippen molar-refractivity contribution in [3.8, 4) is 0 Å². The van der Waals surface area contributed by atoms with Gasteiger partial charge in [-0.15, -0.1) is 0 Å². The lowest BCUT2D eigenvalue weighted by molar-refractivity contribution is 0.674. The highest BCUT2D eigenvalue weighted by atomic mass is 79.9. The molecule has 23 heavy (non-hydrogen) atoms. The van der Waals surface area contributed by atoms with E-state index in [1.165, 1.54) is 0 Å². The van der Waals surface area contributed by atoms with Crippen molar-refractivity contribution in [1.29, 1.82) is 0 Å². The largest absolute Gasteiger partial charge is 0.332 e. The zero-order valence-electron chi connectivity index (χ0n) is 12.1. The summed E-state index contributed by atoms with van der Waals surface area (Å²) in [5, 5.41) is 7.19. The molecule has 0 saturated carbocycles. The van der Waals surface area contributed by atoms with Crippen molar-refractivity contribution in [3.63, 3.8) is 0 Å². The van der Waals surface area contributed by atoms with Crippen LogP contribution in [0.2, 0.25) is 0 Å². The highest BCUT2D eigenvalue weighted by Crippen LogP contribution is 2.19. The Morgan fingerprint density at radius 2 is 1.70 bits per heavy atom. The molecule has 0 bridgehead atoms. The van der Waals surface area contributed by atoms with E-state index in [9.17, 15) is 0 Å². The summed E-state index contributed by atoms with van der Waals surface area (Å²) in [5.74, 6) is 0.760. The minimum Gasteiger partial charge on any atom is -0.332 e. The van der Waals surface area contributed by atoms with Gasteiger partial charge in [0.05, 0.1) is 6.54 Å². The third-order valence-corrected chi connectivity index (χ3v) is 4.55. The van der Waals surface area contributed by atoms with Crippen LogP contribution in [0.4, 0.5) is 11.4 Å². The summed E-state index contributed by atoms with van der Waals surface area (Å²) >= 11 is 12.5. The molecule has 1 aliphatic heterocycles. The first-order chi connectivity index (χ1) is 11.1. The normalized spacial score (nSPS) is 13.7. The molecule has 2 N–H and O–H groups in total. The van der Waals surface area contributed by atoms with Gasteiger partial charge in [-0.05, 0) is 48.6 Å². The summed E-state index contributed by atoms with van der Waals surface area (Å²) in [6.07, 6.45) is 0. The van der Waals surface area contributed by atoms with E-state index in [1.807, 2.05) is 53.4 Å².